The van der Waals surface area contributed by atoms with Crippen molar-refractivity contribution in [3.05, 3.63) is 58.6 Å². The summed E-state index contributed by atoms with van der Waals surface area (Å²) in [5, 5.41) is 13.6. The summed E-state index contributed by atoms with van der Waals surface area (Å²) in [6.07, 6.45) is 0.0885. The van der Waals surface area contributed by atoms with Crippen LogP contribution in [0.25, 0.3) is 0 Å². The predicted octanol–water partition coefficient (Wildman–Crippen LogP) is 1.91. The molecule has 0 heterocycles. The fraction of sp³-hybridized carbons (Fsp3) is 0.316. The molecular weight excluding hydrogens is 356 g/mol. The van der Waals surface area contributed by atoms with E-state index in [-0.39, 0.29) is 12.4 Å². The maximum absolute atomic E-state index is 10.9. The highest BCUT2D eigenvalue weighted by molar-refractivity contribution is 6.32. The number of aliphatic hydroxyl groups excluding tert-OH is 1. The van der Waals surface area contributed by atoms with Crippen LogP contribution in [0, 0.1) is 0 Å². The van der Waals surface area contributed by atoms with Gasteiger partial charge in [0.05, 0.1) is 18.2 Å². The molecule has 0 saturated heterocycles. The SMILES string of the molecule is COc1cc(CNCC(O)Cc2ccccc2)cc(Cl)c1OCC(N)=O. The number of methoxy groups -OCH3 is 1. The molecule has 0 aromatic heterocycles. The van der Waals surface area contributed by atoms with E-state index < -0.39 is 12.0 Å². The van der Waals surface area contributed by atoms with Gasteiger partial charge in [-0.3, -0.25) is 4.79 Å². The van der Waals surface area contributed by atoms with Gasteiger partial charge >= 0.3 is 0 Å². The van der Waals surface area contributed by atoms with Crippen molar-refractivity contribution in [1.82, 2.24) is 5.32 Å². The van der Waals surface area contributed by atoms with Gasteiger partial charge < -0.3 is 25.6 Å². The Hall–Kier alpha value is -2.28. The smallest absolute Gasteiger partial charge is 0.255 e. The third-order valence-electron chi connectivity index (χ3n) is 3.67. The number of halogens is 1. The summed E-state index contributed by atoms with van der Waals surface area (Å²) in [7, 11) is 1.49. The molecule has 0 spiro atoms. The second kappa shape index (κ2) is 10.0. The van der Waals surface area contributed by atoms with Gasteiger partial charge in [0.25, 0.3) is 5.91 Å². The molecule has 0 saturated carbocycles. The number of rotatable bonds is 10. The summed E-state index contributed by atoms with van der Waals surface area (Å²) < 4.78 is 10.6. The van der Waals surface area contributed by atoms with Crippen LogP contribution in [-0.2, 0) is 17.8 Å². The Morgan fingerprint density at radius 1 is 1.27 bits per heavy atom. The van der Waals surface area contributed by atoms with Gasteiger partial charge in [0.1, 0.15) is 0 Å². The lowest BCUT2D eigenvalue weighted by Gasteiger charge is -2.15. The summed E-state index contributed by atoms with van der Waals surface area (Å²) in [6, 6.07) is 13.3. The zero-order valence-electron chi connectivity index (χ0n) is 14.6. The van der Waals surface area contributed by atoms with Gasteiger partial charge in [-0.05, 0) is 29.7 Å². The Morgan fingerprint density at radius 2 is 2.00 bits per heavy atom. The molecule has 140 valence electrons. The van der Waals surface area contributed by atoms with E-state index in [1.54, 1.807) is 12.1 Å². The molecule has 0 fully saturated rings. The number of ether oxygens (including phenoxy) is 2. The number of nitrogens with one attached hydrogen (secondary N) is 1. The first-order chi connectivity index (χ1) is 12.5. The molecule has 26 heavy (non-hydrogen) atoms. The second-order valence-electron chi connectivity index (χ2n) is 5.84. The first-order valence-electron chi connectivity index (χ1n) is 8.19. The Balaban J connectivity index is 1.90. The quantitative estimate of drug-likeness (QED) is 0.587. The monoisotopic (exact) mass is 378 g/mol. The summed E-state index contributed by atoms with van der Waals surface area (Å²) in [5.74, 6) is 0.0995. The average Bonchev–Trinajstić information content (AvgIpc) is 2.61. The number of aliphatic hydroxyl groups is 1. The van der Waals surface area contributed by atoms with E-state index in [0.29, 0.717) is 30.3 Å². The normalized spacial score (nSPS) is 11.8. The second-order valence-corrected chi connectivity index (χ2v) is 6.25. The maximum Gasteiger partial charge on any atom is 0.255 e. The minimum Gasteiger partial charge on any atom is -0.493 e. The number of primary amides is 1. The summed E-state index contributed by atoms with van der Waals surface area (Å²) in [4.78, 5) is 10.9. The topological polar surface area (TPSA) is 93.8 Å². The third-order valence-corrected chi connectivity index (χ3v) is 3.95. The van der Waals surface area contributed by atoms with Gasteiger partial charge in [-0.2, -0.15) is 0 Å². The Kier molecular flexibility index (Phi) is 7.72. The highest BCUT2D eigenvalue weighted by Gasteiger charge is 2.13. The van der Waals surface area contributed by atoms with Crippen LogP contribution in [0.1, 0.15) is 11.1 Å². The van der Waals surface area contributed by atoms with Crippen LogP contribution >= 0.6 is 11.6 Å². The van der Waals surface area contributed by atoms with Crippen molar-refractivity contribution < 1.29 is 19.4 Å². The lowest BCUT2D eigenvalue weighted by atomic mass is 10.1. The van der Waals surface area contributed by atoms with E-state index in [2.05, 4.69) is 5.32 Å². The molecule has 0 radical (unpaired) electrons. The molecule has 0 aliphatic carbocycles. The number of carbonyl (C=O) groups is 1. The molecule has 6 nitrogen and oxygen atoms in total. The Bertz CT molecular complexity index is 725. The van der Waals surface area contributed by atoms with Crippen LogP contribution in [0.5, 0.6) is 11.5 Å². The molecule has 2 rings (SSSR count). The number of nitrogens with two attached hydrogens (primary N) is 1. The fourth-order valence-corrected chi connectivity index (χ4v) is 2.79. The van der Waals surface area contributed by atoms with Crippen molar-refractivity contribution in [2.75, 3.05) is 20.3 Å². The van der Waals surface area contributed by atoms with Gasteiger partial charge in [-0.15, -0.1) is 0 Å². The van der Waals surface area contributed by atoms with Crippen LogP contribution < -0.4 is 20.5 Å². The largest absolute Gasteiger partial charge is 0.493 e. The number of hydrogen-bond donors (Lipinski definition) is 3. The van der Waals surface area contributed by atoms with Crippen LogP contribution in [-0.4, -0.2) is 37.4 Å². The first-order valence-corrected chi connectivity index (χ1v) is 8.57. The van der Waals surface area contributed by atoms with Gasteiger partial charge in [-0.1, -0.05) is 41.9 Å². The van der Waals surface area contributed by atoms with E-state index >= 15 is 0 Å². The minimum absolute atomic E-state index is 0.278. The van der Waals surface area contributed by atoms with Crippen molar-refractivity contribution in [1.29, 1.82) is 0 Å². The molecule has 0 bridgehead atoms. The third kappa shape index (κ3) is 6.22. The van der Waals surface area contributed by atoms with E-state index in [1.165, 1.54) is 7.11 Å². The number of hydrogen-bond acceptors (Lipinski definition) is 5. The molecule has 1 atom stereocenters. The lowest BCUT2D eigenvalue weighted by Crippen LogP contribution is -2.28. The molecule has 1 amide bonds. The molecule has 2 aromatic carbocycles. The zero-order chi connectivity index (χ0) is 18.9. The molecule has 0 aliphatic heterocycles. The average molecular weight is 379 g/mol. The van der Waals surface area contributed by atoms with Crippen molar-refractivity contribution >= 4 is 17.5 Å². The van der Waals surface area contributed by atoms with Crippen molar-refractivity contribution in [3.63, 3.8) is 0 Å². The van der Waals surface area contributed by atoms with Crippen LogP contribution in [0.4, 0.5) is 0 Å². The maximum atomic E-state index is 10.9. The summed E-state index contributed by atoms with van der Waals surface area (Å²) >= 11 is 6.21. The van der Waals surface area contributed by atoms with Crippen LogP contribution in [0.15, 0.2) is 42.5 Å². The van der Waals surface area contributed by atoms with Crippen LogP contribution in [0.3, 0.4) is 0 Å². The number of amides is 1. The van der Waals surface area contributed by atoms with E-state index in [1.807, 2.05) is 30.3 Å². The van der Waals surface area contributed by atoms with E-state index in [9.17, 15) is 9.90 Å². The zero-order valence-corrected chi connectivity index (χ0v) is 15.3. The molecule has 0 aliphatic rings. The highest BCUT2D eigenvalue weighted by Crippen LogP contribution is 2.36. The van der Waals surface area contributed by atoms with Crippen molar-refractivity contribution in [2.24, 2.45) is 5.73 Å². The molecular formula is C19H23ClN2O4. The van der Waals surface area contributed by atoms with E-state index in [4.69, 9.17) is 26.8 Å². The van der Waals surface area contributed by atoms with Crippen LogP contribution in [0.2, 0.25) is 5.02 Å². The summed E-state index contributed by atoms with van der Waals surface area (Å²) in [6.45, 7) is 0.659. The van der Waals surface area contributed by atoms with Gasteiger partial charge in [-0.25, -0.2) is 0 Å². The van der Waals surface area contributed by atoms with Crippen molar-refractivity contribution in [2.45, 2.75) is 19.1 Å². The summed E-state index contributed by atoms with van der Waals surface area (Å²) in [5.41, 5.74) is 7.03. The van der Waals surface area contributed by atoms with Gasteiger partial charge in [0.2, 0.25) is 0 Å². The minimum atomic E-state index is -0.596. The van der Waals surface area contributed by atoms with Crippen molar-refractivity contribution in [3.8, 4) is 11.5 Å². The lowest BCUT2D eigenvalue weighted by molar-refractivity contribution is -0.119. The van der Waals surface area contributed by atoms with Gasteiger partial charge in [0, 0.05) is 13.1 Å². The number of benzene rings is 2. The van der Waals surface area contributed by atoms with Gasteiger partial charge in [0.15, 0.2) is 18.1 Å². The molecule has 1 unspecified atom stereocenters. The highest BCUT2D eigenvalue weighted by atomic mass is 35.5. The Morgan fingerprint density at radius 3 is 2.65 bits per heavy atom. The Labute approximate surface area is 157 Å². The molecule has 4 N–H and O–H groups in total. The fourth-order valence-electron chi connectivity index (χ4n) is 2.50. The molecule has 7 heteroatoms. The predicted molar refractivity (Wildman–Crippen MR) is 101 cm³/mol. The molecule has 2 aromatic rings. The standard InChI is InChI=1S/C19H23ClN2O4/c1-25-17-9-14(8-16(20)19(17)26-12-18(21)24)10-22-11-15(23)7-13-5-3-2-4-6-13/h2-6,8-9,15,22-23H,7,10-12H2,1H3,(H2,21,24). The first kappa shape index (κ1) is 20.0. The number of carbonyl (C=O) groups excluding carboxylic acids is 1. The van der Waals surface area contributed by atoms with E-state index in [0.717, 1.165) is 11.1 Å².